The van der Waals surface area contributed by atoms with Crippen molar-refractivity contribution < 1.29 is 4.42 Å². The summed E-state index contributed by atoms with van der Waals surface area (Å²) in [6.45, 7) is 0. The van der Waals surface area contributed by atoms with E-state index in [9.17, 15) is 0 Å². The second-order valence-corrected chi connectivity index (χ2v) is 14.8. The predicted molar refractivity (Wildman–Crippen MR) is 228 cm³/mol. The van der Waals surface area contributed by atoms with Crippen LogP contribution < -0.4 is 4.90 Å². The maximum absolute atomic E-state index is 7.08. The van der Waals surface area contributed by atoms with Crippen LogP contribution in [0.25, 0.3) is 65.9 Å². The highest BCUT2D eigenvalue weighted by Gasteiger charge is 2.55. The van der Waals surface area contributed by atoms with Gasteiger partial charge in [0.1, 0.15) is 16.8 Å². The van der Waals surface area contributed by atoms with Crippen LogP contribution >= 0.6 is 0 Å². The molecule has 0 bridgehead atoms. The van der Waals surface area contributed by atoms with Gasteiger partial charge in [-0.3, -0.25) is 0 Å². The van der Waals surface area contributed by atoms with Gasteiger partial charge in [-0.15, -0.1) is 0 Å². The molecule has 2 aliphatic carbocycles. The van der Waals surface area contributed by atoms with Crippen molar-refractivity contribution in [1.29, 1.82) is 0 Å². The van der Waals surface area contributed by atoms with Crippen molar-refractivity contribution in [3.63, 3.8) is 0 Å². The van der Waals surface area contributed by atoms with E-state index in [0.29, 0.717) is 0 Å². The molecule has 1 spiro atoms. The average Bonchev–Trinajstić information content (AvgIpc) is 3.88. The molecule has 1 unspecified atom stereocenters. The van der Waals surface area contributed by atoms with Crippen molar-refractivity contribution in [3.8, 4) is 33.4 Å². The molecule has 0 saturated heterocycles. The fourth-order valence-corrected chi connectivity index (χ4v) is 9.83. The summed E-state index contributed by atoms with van der Waals surface area (Å²) in [5.74, 6) is 1.01. The van der Waals surface area contributed by atoms with Gasteiger partial charge in [0.05, 0.1) is 11.4 Å². The maximum Gasteiger partial charge on any atom is 0.135 e. The minimum atomic E-state index is -0.622. The molecule has 0 amide bonds. The van der Waals surface area contributed by atoms with Crippen LogP contribution in [0.5, 0.6) is 0 Å². The van der Waals surface area contributed by atoms with Gasteiger partial charge in [-0.1, -0.05) is 170 Å². The molecule has 0 N–H and O–H groups in total. The predicted octanol–water partition coefficient (Wildman–Crippen LogP) is 14.2. The van der Waals surface area contributed by atoms with Crippen molar-refractivity contribution in [1.82, 2.24) is 0 Å². The Balaban J connectivity index is 1.20. The average molecular weight is 700 g/mol. The van der Waals surface area contributed by atoms with Crippen LogP contribution in [0.15, 0.2) is 205 Å². The summed E-state index contributed by atoms with van der Waals surface area (Å²) in [4.78, 5) is 2.49. The molecule has 9 aromatic carbocycles. The first-order valence-electron chi connectivity index (χ1n) is 19.0. The lowest BCUT2D eigenvalue weighted by atomic mass is 9.73. The minimum Gasteiger partial charge on any atom is -0.459 e. The van der Waals surface area contributed by atoms with Crippen molar-refractivity contribution >= 4 is 49.6 Å². The number of hydrogen-bond donors (Lipinski definition) is 0. The Bertz CT molecular complexity index is 3170. The summed E-state index contributed by atoms with van der Waals surface area (Å²) in [6, 6.07) is 73.1. The van der Waals surface area contributed by atoms with Crippen LogP contribution in [0.4, 0.5) is 17.1 Å². The van der Waals surface area contributed by atoms with Gasteiger partial charge in [-0.25, -0.2) is 0 Å². The summed E-state index contributed by atoms with van der Waals surface area (Å²) >= 11 is 0. The van der Waals surface area contributed by atoms with E-state index in [1.807, 2.05) is 0 Å². The molecule has 12 rings (SSSR count). The Hall–Kier alpha value is -7.16. The third-order valence-corrected chi connectivity index (χ3v) is 12.0. The lowest BCUT2D eigenvalue weighted by Gasteiger charge is -2.32. The smallest absolute Gasteiger partial charge is 0.135 e. The number of hydrogen-bond acceptors (Lipinski definition) is 2. The van der Waals surface area contributed by atoms with Gasteiger partial charge >= 0.3 is 0 Å². The zero-order valence-electron chi connectivity index (χ0n) is 29.9. The third kappa shape index (κ3) is 4.08. The van der Waals surface area contributed by atoms with Gasteiger partial charge in [0.2, 0.25) is 0 Å². The number of anilines is 3. The molecule has 256 valence electrons. The van der Waals surface area contributed by atoms with Crippen LogP contribution in [-0.4, -0.2) is 0 Å². The summed E-state index contributed by atoms with van der Waals surface area (Å²) in [6.07, 6.45) is 0. The molecular formula is C53H33NO. The Kier molecular flexibility index (Phi) is 6.29. The Morgan fingerprint density at radius 1 is 0.382 bits per heavy atom. The van der Waals surface area contributed by atoms with Crippen molar-refractivity contribution in [2.75, 3.05) is 4.90 Å². The molecule has 1 atom stereocenters. The van der Waals surface area contributed by atoms with E-state index in [1.54, 1.807) is 0 Å². The number of furan rings is 1. The van der Waals surface area contributed by atoms with E-state index in [0.717, 1.165) is 33.8 Å². The standard InChI is InChI=1S/C53H33NO/c1-2-16-34(17-3-1)38-20-10-14-28-48(38)54(49-32-35-18-4-5-19-37(35)39-21-6-7-23-42(39)49)36-30-31-41-40-22-8-12-26-45(40)53(47(41)33-36)46-27-13-9-24-43(46)51-44-25-11-15-29-50(44)55-52(51)53/h1-33H. The van der Waals surface area contributed by atoms with Crippen LogP contribution in [0, 0.1) is 0 Å². The molecule has 2 heteroatoms. The first-order chi connectivity index (χ1) is 27.3. The monoisotopic (exact) mass is 699 g/mol. The second kappa shape index (κ2) is 11.4. The van der Waals surface area contributed by atoms with Gasteiger partial charge in [0.15, 0.2) is 0 Å². The Labute approximate surface area is 319 Å². The first kappa shape index (κ1) is 30.3. The molecular weight excluding hydrogens is 667 g/mol. The summed E-state index contributed by atoms with van der Waals surface area (Å²) in [5.41, 5.74) is 14.7. The van der Waals surface area contributed by atoms with Gasteiger partial charge in [-0.05, 0) is 85.4 Å². The van der Waals surface area contributed by atoms with Crippen molar-refractivity contribution in [3.05, 3.63) is 223 Å². The van der Waals surface area contributed by atoms with E-state index in [1.165, 1.54) is 71.6 Å². The molecule has 0 fully saturated rings. The van der Waals surface area contributed by atoms with E-state index in [2.05, 4.69) is 205 Å². The number of benzene rings is 9. The van der Waals surface area contributed by atoms with Crippen LogP contribution in [0.3, 0.4) is 0 Å². The molecule has 2 aliphatic rings. The molecule has 0 aliphatic heterocycles. The number of para-hydroxylation sites is 2. The highest BCUT2D eigenvalue weighted by Crippen LogP contribution is 2.65. The second-order valence-electron chi connectivity index (χ2n) is 14.8. The minimum absolute atomic E-state index is 0.622. The fraction of sp³-hybridized carbons (Fsp3) is 0.0189. The quantitative estimate of drug-likeness (QED) is 0.170. The summed E-state index contributed by atoms with van der Waals surface area (Å²) in [7, 11) is 0. The zero-order valence-corrected chi connectivity index (χ0v) is 29.9. The highest BCUT2D eigenvalue weighted by molar-refractivity contribution is 6.15. The molecule has 55 heavy (non-hydrogen) atoms. The van der Waals surface area contributed by atoms with E-state index >= 15 is 0 Å². The molecule has 1 aromatic heterocycles. The lowest BCUT2D eigenvalue weighted by Crippen LogP contribution is -2.26. The van der Waals surface area contributed by atoms with Crippen LogP contribution in [0.1, 0.15) is 22.5 Å². The zero-order chi connectivity index (χ0) is 36.1. The van der Waals surface area contributed by atoms with E-state index < -0.39 is 5.41 Å². The van der Waals surface area contributed by atoms with E-state index in [4.69, 9.17) is 4.42 Å². The van der Waals surface area contributed by atoms with E-state index in [-0.39, 0.29) is 0 Å². The van der Waals surface area contributed by atoms with Crippen LogP contribution in [-0.2, 0) is 5.41 Å². The van der Waals surface area contributed by atoms with Gasteiger partial charge in [0, 0.05) is 27.6 Å². The van der Waals surface area contributed by atoms with Crippen LogP contribution in [0.2, 0.25) is 0 Å². The molecule has 10 aromatic rings. The number of nitrogens with zero attached hydrogens (tertiary/aromatic N) is 1. The summed E-state index contributed by atoms with van der Waals surface area (Å²) in [5, 5.41) is 6.05. The number of fused-ring (bicyclic) bond motifs is 15. The first-order valence-corrected chi connectivity index (χ1v) is 19.0. The Morgan fingerprint density at radius 2 is 0.982 bits per heavy atom. The molecule has 0 saturated carbocycles. The molecule has 0 radical (unpaired) electrons. The van der Waals surface area contributed by atoms with Gasteiger partial charge in [0.25, 0.3) is 0 Å². The normalized spacial score (nSPS) is 15.0. The van der Waals surface area contributed by atoms with Gasteiger partial charge in [-0.2, -0.15) is 0 Å². The topological polar surface area (TPSA) is 16.4 Å². The fourth-order valence-electron chi connectivity index (χ4n) is 9.83. The third-order valence-electron chi connectivity index (χ3n) is 12.0. The van der Waals surface area contributed by atoms with Gasteiger partial charge < -0.3 is 9.32 Å². The maximum atomic E-state index is 7.08. The molecule has 2 nitrogen and oxygen atoms in total. The largest absolute Gasteiger partial charge is 0.459 e. The lowest BCUT2D eigenvalue weighted by molar-refractivity contribution is 0.507. The SMILES string of the molecule is c1ccc(-c2ccccc2N(c2ccc3c(c2)C2(c4ccccc4-3)c3ccccc3-c3c2oc2ccccc32)c2cc3ccccc3c3ccccc23)cc1. The van der Waals surface area contributed by atoms with Crippen molar-refractivity contribution in [2.45, 2.75) is 5.41 Å². The molecule has 1 heterocycles. The summed E-state index contributed by atoms with van der Waals surface area (Å²) < 4.78 is 7.08. The van der Waals surface area contributed by atoms with Crippen molar-refractivity contribution in [2.24, 2.45) is 0 Å². The highest BCUT2D eigenvalue weighted by atomic mass is 16.3. The Morgan fingerprint density at radius 3 is 1.82 bits per heavy atom. The number of rotatable bonds is 4.